The van der Waals surface area contributed by atoms with Gasteiger partial charge in [0.05, 0.1) is 5.54 Å². The molecule has 1 saturated heterocycles. The van der Waals surface area contributed by atoms with Crippen molar-refractivity contribution in [1.82, 2.24) is 5.32 Å². The third kappa shape index (κ3) is 3.22. The van der Waals surface area contributed by atoms with Crippen LogP contribution in [0.25, 0.3) is 0 Å². The Morgan fingerprint density at radius 2 is 1.48 bits per heavy atom. The fourth-order valence-electron chi connectivity index (χ4n) is 3.94. The fraction of sp³-hybridized carbons (Fsp3) is 0.455. The Kier molecular flexibility index (Phi) is 4.97. The first kappa shape index (κ1) is 18.1. The molecule has 0 aliphatic carbocycles. The SMILES string of the molecule is CC(C)c1ccc(C2(c3cc(F)c(C(C)C)c(F)c3)CCCN2)cc1. The number of nitrogens with one attached hydrogen (secondary N) is 1. The van der Waals surface area contributed by atoms with E-state index in [9.17, 15) is 8.78 Å². The highest BCUT2D eigenvalue weighted by Crippen LogP contribution is 2.39. The van der Waals surface area contributed by atoms with E-state index in [0.717, 1.165) is 24.9 Å². The van der Waals surface area contributed by atoms with Gasteiger partial charge in [-0.2, -0.15) is 0 Å². The predicted octanol–water partition coefficient (Wildman–Crippen LogP) is 5.84. The van der Waals surface area contributed by atoms with Gasteiger partial charge < -0.3 is 5.32 Å². The van der Waals surface area contributed by atoms with Gasteiger partial charge in [0, 0.05) is 5.56 Å². The monoisotopic (exact) mass is 343 g/mol. The highest BCUT2D eigenvalue weighted by Gasteiger charge is 2.38. The van der Waals surface area contributed by atoms with Crippen molar-refractivity contribution in [2.75, 3.05) is 6.54 Å². The Morgan fingerprint density at radius 3 is 1.92 bits per heavy atom. The summed E-state index contributed by atoms with van der Waals surface area (Å²) in [5.41, 5.74) is 2.69. The lowest BCUT2D eigenvalue weighted by atomic mass is 9.80. The summed E-state index contributed by atoms with van der Waals surface area (Å²) in [4.78, 5) is 0. The van der Waals surface area contributed by atoms with Gasteiger partial charge in [-0.25, -0.2) is 8.78 Å². The summed E-state index contributed by atoms with van der Waals surface area (Å²) in [5.74, 6) is -0.609. The average Bonchev–Trinajstić information content (AvgIpc) is 3.04. The van der Waals surface area contributed by atoms with Gasteiger partial charge in [0.2, 0.25) is 0 Å². The molecule has 25 heavy (non-hydrogen) atoms. The largest absolute Gasteiger partial charge is 0.304 e. The number of halogens is 2. The Bertz CT molecular complexity index is 718. The molecule has 0 amide bonds. The first-order valence-corrected chi connectivity index (χ1v) is 9.20. The second-order valence-corrected chi connectivity index (χ2v) is 7.72. The molecule has 3 heteroatoms. The van der Waals surface area contributed by atoms with E-state index in [0.29, 0.717) is 11.5 Å². The lowest BCUT2D eigenvalue weighted by molar-refractivity contribution is 0.460. The van der Waals surface area contributed by atoms with E-state index in [1.54, 1.807) is 0 Å². The first-order valence-electron chi connectivity index (χ1n) is 9.20. The number of hydrogen-bond donors (Lipinski definition) is 1. The number of rotatable bonds is 4. The minimum atomic E-state index is -0.507. The van der Waals surface area contributed by atoms with Gasteiger partial charge in [0.1, 0.15) is 11.6 Å². The van der Waals surface area contributed by atoms with Gasteiger partial charge >= 0.3 is 0 Å². The molecular weight excluding hydrogens is 316 g/mol. The molecular formula is C22H27F2N. The van der Waals surface area contributed by atoms with Crippen molar-refractivity contribution in [3.05, 3.63) is 70.3 Å². The molecule has 0 bridgehead atoms. The highest BCUT2D eigenvalue weighted by atomic mass is 19.1. The molecule has 2 aromatic rings. The summed E-state index contributed by atoms with van der Waals surface area (Å²) in [6.45, 7) is 8.80. The normalized spacial score (nSPS) is 20.6. The lowest BCUT2D eigenvalue weighted by Crippen LogP contribution is -2.38. The van der Waals surface area contributed by atoms with Crippen LogP contribution in [-0.2, 0) is 5.54 Å². The third-order valence-electron chi connectivity index (χ3n) is 5.37. The summed E-state index contributed by atoms with van der Waals surface area (Å²) < 4.78 is 29.2. The smallest absolute Gasteiger partial charge is 0.129 e. The predicted molar refractivity (Wildman–Crippen MR) is 99.0 cm³/mol. The van der Waals surface area contributed by atoms with E-state index in [2.05, 4.69) is 43.4 Å². The highest BCUT2D eigenvalue weighted by molar-refractivity contribution is 5.43. The molecule has 0 radical (unpaired) electrons. The van der Waals surface area contributed by atoms with Crippen molar-refractivity contribution >= 4 is 0 Å². The van der Waals surface area contributed by atoms with Gasteiger partial charge in [0.25, 0.3) is 0 Å². The van der Waals surface area contributed by atoms with Crippen LogP contribution in [0, 0.1) is 11.6 Å². The fourth-order valence-corrected chi connectivity index (χ4v) is 3.94. The molecule has 1 heterocycles. The maximum absolute atomic E-state index is 14.6. The molecule has 1 atom stereocenters. The van der Waals surface area contributed by atoms with E-state index in [1.165, 1.54) is 17.7 Å². The Labute approximate surface area is 149 Å². The average molecular weight is 343 g/mol. The molecule has 0 spiro atoms. The zero-order valence-corrected chi connectivity index (χ0v) is 15.5. The van der Waals surface area contributed by atoms with Crippen molar-refractivity contribution < 1.29 is 8.78 Å². The van der Waals surface area contributed by atoms with Gasteiger partial charge in [-0.15, -0.1) is 0 Å². The van der Waals surface area contributed by atoms with Crippen molar-refractivity contribution in [2.45, 2.75) is 57.9 Å². The Balaban J connectivity index is 2.10. The molecule has 1 unspecified atom stereocenters. The molecule has 3 rings (SSSR count). The van der Waals surface area contributed by atoms with E-state index in [1.807, 2.05) is 13.8 Å². The number of benzene rings is 2. The van der Waals surface area contributed by atoms with Gasteiger partial charge in [-0.1, -0.05) is 52.0 Å². The van der Waals surface area contributed by atoms with Crippen molar-refractivity contribution in [3.8, 4) is 0 Å². The minimum absolute atomic E-state index is 0.173. The van der Waals surface area contributed by atoms with Gasteiger partial charge in [-0.05, 0) is 60.0 Å². The van der Waals surface area contributed by atoms with Gasteiger partial charge in [-0.3, -0.25) is 0 Å². The van der Waals surface area contributed by atoms with Gasteiger partial charge in [0.15, 0.2) is 0 Å². The van der Waals surface area contributed by atoms with Crippen molar-refractivity contribution in [1.29, 1.82) is 0 Å². The van der Waals surface area contributed by atoms with E-state index in [-0.39, 0.29) is 11.5 Å². The first-order chi connectivity index (χ1) is 11.8. The van der Waals surface area contributed by atoms with Crippen LogP contribution >= 0.6 is 0 Å². The zero-order valence-electron chi connectivity index (χ0n) is 15.5. The van der Waals surface area contributed by atoms with Crippen LogP contribution in [0.2, 0.25) is 0 Å². The molecule has 134 valence electrons. The Hall–Kier alpha value is -1.74. The van der Waals surface area contributed by atoms with Crippen LogP contribution in [0.15, 0.2) is 36.4 Å². The quantitative estimate of drug-likeness (QED) is 0.735. The second kappa shape index (κ2) is 6.87. The molecule has 1 aliphatic heterocycles. The summed E-state index contributed by atoms with van der Waals surface area (Å²) in [6, 6.07) is 11.5. The lowest BCUT2D eigenvalue weighted by Gasteiger charge is -2.32. The van der Waals surface area contributed by atoms with Crippen LogP contribution < -0.4 is 5.32 Å². The van der Waals surface area contributed by atoms with Crippen LogP contribution in [0.5, 0.6) is 0 Å². The maximum Gasteiger partial charge on any atom is 0.129 e. The van der Waals surface area contributed by atoms with E-state index in [4.69, 9.17) is 0 Å². The molecule has 2 aromatic carbocycles. The van der Waals surface area contributed by atoms with Crippen LogP contribution in [0.3, 0.4) is 0 Å². The third-order valence-corrected chi connectivity index (χ3v) is 5.37. The van der Waals surface area contributed by atoms with E-state index >= 15 is 0 Å². The molecule has 1 fully saturated rings. The number of hydrogen-bond acceptors (Lipinski definition) is 1. The summed E-state index contributed by atoms with van der Waals surface area (Å²) >= 11 is 0. The van der Waals surface area contributed by atoms with Crippen molar-refractivity contribution in [2.24, 2.45) is 0 Å². The molecule has 0 aromatic heterocycles. The molecule has 1 N–H and O–H groups in total. The van der Waals surface area contributed by atoms with E-state index < -0.39 is 17.2 Å². The summed E-state index contributed by atoms with van der Waals surface area (Å²) in [6.07, 6.45) is 1.83. The maximum atomic E-state index is 14.6. The Morgan fingerprint density at radius 1 is 0.880 bits per heavy atom. The van der Waals surface area contributed by atoms with Crippen molar-refractivity contribution in [3.63, 3.8) is 0 Å². The second-order valence-electron chi connectivity index (χ2n) is 7.72. The molecule has 0 saturated carbocycles. The summed E-state index contributed by atoms with van der Waals surface area (Å²) in [5, 5.41) is 3.52. The minimum Gasteiger partial charge on any atom is -0.304 e. The van der Waals surface area contributed by atoms with Crippen LogP contribution in [-0.4, -0.2) is 6.54 Å². The van der Waals surface area contributed by atoms with Crippen LogP contribution in [0.1, 0.15) is 74.6 Å². The topological polar surface area (TPSA) is 12.0 Å². The molecule has 1 aliphatic rings. The zero-order chi connectivity index (χ0) is 18.2. The summed E-state index contributed by atoms with van der Waals surface area (Å²) in [7, 11) is 0. The standard InChI is InChI=1S/C22H27F2N/c1-14(2)16-6-8-17(9-7-16)22(10-5-11-25-22)18-12-19(23)21(15(3)4)20(24)13-18/h6-9,12-15,25H,5,10-11H2,1-4H3. The van der Waals surface area contributed by atoms with Crippen LogP contribution in [0.4, 0.5) is 8.78 Å². The molecule has 1 nitrogen and oxygen atoms in total.